The molecule has 2 N–H and O–H groups in total. The van der Waals surface area contributed by atoms with Crippen LogP contribution >= 0.6 is 0 Å². The molecule has 2 aliphatic rings. The molecule has 0 aromatic heterocycles. The second-order valence-corrected chi connectivity index (χ2v) is 5.93. The zero-order valence-electron chi connectivity index (χ0n) is 11.3. The topological polar surface area (TPSA) is 24.1 Å². The molecule has 3 rings (SSSR count). The maximum absolute atomic E-state index is 3.66. The van der Waals surface area contributed by atoms with Crippen molar-refractivity contribution in [3.63, 3.8) is 0 Å². The molecular formula is C16H24N2. The van der Waals surface area contributed by atoms with E-state index in [1.54, 1.807) is 0 Å². The molecule has 0 spiro atoms. The summed E-state index contributed by atoms with van der Waals surface area (Å²) in [5.41, 5.74) is 4.32. The van der Waals surface area contributed by atoms with Gasteiger partial charge in [0.1, 0.15) is 0 Å². The van der Waals surface area contributed by atoms with Crippen LogP contribution in [0.15, 0.2) is 18.2 Å². The van der Waals surface area contributed by atoms with E-state index in [9.17, 15) is 0 Å². The lowest BCUT2D eigenvalue weighted by Gasteiger charge is -2.17. The highest BCUT2D eigenvalue weighted by Crippen LogP contribution is 2.31. The summed E-state index contributed by atoms with van der Waals surface area (Å²) in [6.07, 6.45) is 5.45. The van der Waals surface area contributed by atoms with Gasteiger partial charge < -0.3 is 10.6 Å². The minimum absolute atomic E-state index is 0.898. The van der Waals surface area contributed by atoms with Gasteiger partial charge in [-0.1, -0.05) is 38.0 Å². The Morgan fingerprint density at radius 1 is 1.33 bits per heavy atom. The Balaban J connectivity index is 1.56. The first-order valence-electron chi connectivity index (χ1n) is 7.40. The van der Waals surface area contributed by atoms with E-state index >= 15 is 0 Å². The third-order valence-electron chi connectivity index (χ3n) is 4.69. The Morgan fingerprint density at radius 3 is 3.11 bits per heavy atom. The van der Waals surface area contributed by atoms with E-state index in [0.29, 0.717) is 0 Å². The predicted octanol–water partition coefficient (Wildman–Crippen LogP) is 3.18. The van der Waals surface area contributed by atoms with E-state index in [4.69, 9.17) is 0 Å². The van der Waals surface area contributed by atoms with E-state index in [1.165, 1.54) is 49.0 Å². The summed E-state index contributed by atoms with van der Waals surface area (Å²) >= 11 is 0. The lowest BCUT2D eigenvalue weighted by Crippen LogP contribution is -2.24. The van der Waals surface area contributed by atoms with Gasteiger partial charge in [0.2, 0.25) is 0 Å². The van der Waals surface area contributed by atoms with Crippen LogP contribution in [0.4, 0.5) is 5.69 Å². The minimum atomic E-state index is 0.898. The Bertz CT molecular complexity index is 414. The molecule has 1 aliphatic heterocycles. The van der Waals surface area contributed by atoms with E-state index < -0.39 is 0 Å². The fraction of sp³-hybridized carbons (Fsp3) is 0.625. The number of hydrogen-bond acceptors (Lipinski definition) is 2. The summed E-state index contributed by atoms with van der Waals surface area (Å²) in [6, 6.07) is 6.70. The van der Waals surface area contributed by atoms with Gasteiger partial charge in [0.05, 0.1) is 0 Å². The summed E-state index contributed by atoms with van der Waals surface area (Å²) in [5.74, 6) is 1.81. The van der Waals surface area contributed by atoms with Crippen molar-refractivity contribution in [3.05, 3.63) is 29.3 Å². The second kappa shape index (κ2) is 5.31. The van der Waals surface area contributed by atoms with Gasteiger partial charge in [0.25, 0.3) is 0 Å². The highest BCUT2D eigenvalue weighted by molar-refractivity contribution is 5.61. The molecule has 1 heterocycles. The lowest BCUT2D eigenvalue weighted by molar-refractivity contribution is 0.392. The first-order valence-corrected chi connectivity index (χ1v) is 7.40. The molecule has 1 aromatic carbocycles. The lowest BCUT2D eigenvalue weighted by atomic mass is 9.98. The largest absolute Gasteiger partial charge is 0.384 e. The first-order chi connectivity index (χ1) is 8.84. The average Bonchev–Trinajstić information content (AvgIpc) is 2.99. The highest BCUT2D eigenvalue weighted by Gasteiger charge is 2.22. The van der Waals surface area contributed by atoms with E-state index in [-0.39, 0.29) is 0 Å². The average molecular weight is 244 g/mol. The molecular weight excluding hydrogens is 220 g/mol. The van der Waals surface area contributed by atoms with Gasteiger partial charge in [0, 0.05) is 18.8 Å². The molecule has 1 aromatic rings. The maximum atomic E-state index is 3.66. The number of rotatable bonds is 4. The van der Waals surface area contributed by atoms with Crippen molar-refractivity contribution >= 4 is 5.69 Å². The minimum Gasteiger partial charge on any atom is -0.384 e. The van der Waals surface area contributed by atoms with E-state index in [2.05, 4.69) is 35.8 Å². The molecule has 98 valence electrons. The molecule has 2 unspecified atom stereocenters. The van der Waals surface area contributed by atoms with Crippen molar-refractivity contribution in [2.75, 3.05) is 18.4 Å². The van der Waals surface area contributed by atoms with Crippen molar-refractivity contribution in [2.24, 2.45) is 11.8 Å². The number of fused-ring (bicyclic) bond motifs is 1. The number of nitrogens with one attached hydrogen (secondary N) is 2. The van der Waals surface area contributed by atoms with Gasteiger partial charge in [-0.15, -0.1) is 0 Å². The van der Waals surface area contributed by atoms with Crippen LogP contribution in [0.5, 0.6) is 0 Å². The summed E-state index contributed by atoms with van der Waals surface area (Å²) in [5, 5.41) is 7.18. The van der Waals surface area contributed by atoms with Crippen LogP contribution in [-0.4, -0.2) is 13.1 Å². The molecule has 1 saturated carbocycles. The monoisotopic (exact) mass is 244 g/mol. The van der Waals surface area contributed by atoms with Crippen LogP contribution in [-0.2, 0) is 13.0 Å². The van der Waals surface area contributed by atoms with Gasteiger partial charge in [-0.3, -0.25) is 0 Å². The number of benzene rings is 1. The molecule has 2 heteroatoms. The van der Waals surface area contributed by atoms with Gasteiger partial charge in [-0.05, 0) is 42.3 Å². The van der Waals surface area contributed by atoms with Crippen molar-refractivity contribution in [1.29, 1.82) is 0 Å². The van der Waals surface area contributed by atoms with Crippen molar-refractivity contribution in [2.45, 2.75) is 39.2 Å². The number of para-hydroxylation sites is 1. The Labute approximate surface area is 110 Å². The summed E-state index contributed by atoms with van der Waals surface area (Å²) in [6.45, 7) is 5.71. The summed E-state index contributed by atoms with van der Waals surface area (Å²) < 4.78 is 0. The van der Waals surface area contributed by atoms with E-state index in [0.717, 1.165) is 24.9 Å². The van der Waals surface area contributed by atoms with Gasteiger partial charge in [-0.25, -0.2) is 0 Å². The van der Waals surface area contributed by atoms with Crippen LogP contribution in [0, 0.1) is 11.8 Å². The smallest absolute Gasteiger partial charge is 0.0419 e. The third-order valence-corrected chi connectivity index (χ3v) is 4.69. The van der Waals surface area contributed by atoms with Crippen LogP contribution in [0.25, 0.3) is 0 Å². The van der Waals surface area contributed by atoms with Crippen molar-refractivity contribution in [1.82, 2.24) is 5.32 Å². The zero-order chi connectivity index (χ0) is 12.4. The fourth-order valence-corrected chi connectivity index (χ4v) is 3.48. The molecule has 0 amide bonds. The molecule has 0 radical (unpaired) electrons. The molecule has 0 bridgehead atoms. The molecule has 1 fully saturated rings. The second-order valence-electron chi connectivity index (χ2n) is 5.93. The first kappa shape index (κ1) is 12.0. The Hall–Kier alpha value is -1.02. The van der Waals surface area contributed by atoms with Crippen LogP contribution < -0.4 is 10.6 Å². The molecule has 1 aliphatic carbocycles. The number of hydrogen-bond donors (Lipinski definition) is 2. The predicted molar refractivity (Wildman–Crippen MR) is 76.8 cm³/mol. The van der Waals surface area contributed by atoms with Crippen LogP contribution in [0.1, 0.15) is 37.3 Å². The fourth-order valence-electron chi connectivity index (χ4n) is 3.48. The molecule has 2 nitrogen and oxygen atoms in total. The van der Waals surface area contributed by atoms with Gasteiger partial charge >= 0.3 is 0 Å². The van der Waals surface area contributed by atoms with Gasteiger partial charge in [-0.2, -0.15) is 0 Å². The standard InChI is InChI=1S/C16H24N2/c1-12-4-2-6-14(12)10-17-11-15-7-3-5-13-8-9-18-16(13)15/h3,5,7,12,14,17-18H,2,4,6,8-11H2,1H3. The molecule has 2 atom stereocenters. The van der Waals surface area contributed by atoms with Crippen LogP contribution in [0.2, 0.25) is 0 Å². The van der Waals surface area contributed by atoms with Crippen LogP contribution in [0.3, 0.4) is 0 Å². The van der Waals surface area contributed by atoms with Crippen molar-refractivity contribution < 1.29 is 0 Å². The summed E-state index contributed by atoms with van der Waals surface area (Å²) in [4.78, 5) is 0. The molecule has 0 saturated heterocycles. The van der Waals surface area contributed by atoms with Gasteiger partial charge in [0.15, 0.2) is 0 Å². The highest BCUT2D eigenvalue weighted by atomic mass is 14.9. The number of anilines is 1. The molecule has 18 heavy (non-hydrogen) atoms. The third kappa shape index (κ3) is 2.39. The summed E-state index contributed by atoms with van der Waals surface area (Å²) in [7, 11) is 0. The Morgan fingerprint density at radius 2 is 2.28 bits per heavy atom. The maximum Gasteiger partial charge on any atom is 0.0419 e. The SMILES string of the molecule is CC1CCCC1CNCc1cccc2c1NCC2. The zero-order valence-corrected chi connectivity index (χ0v) is 11.3. The quantitative estimate of drug-likeness (QED) is 0.850. The Kier molecular flexibility index (Phi) is 3.55. The van der Waals surface area contributed by atoms with E-state index in [1.807, 2.05) is 0 Å². The normalized spacial score (nSPS) is 26.1. The van der Waals surface area contributed by atoms with Crippen molar-refractivity contribution in [3.8, 4) is 0 Å².